The lowest BCUT2D eigenvalue weighted by atomic mass is 10.4. The van der Waals surface area contributed by atoms with Crippen LogP contribution in [0.1, 0.15) is 17.4 Å². The summed E-state index contributed by atoms with van der Waals surface area (Å²) in [4.78, 5) is 15.5. The molecule has 5 N–H and O–H groups in total. The van der Waals surface area contributed by atoms with E-state index in [1.54, 1.807) is 6.07 Å². The van der Waals surface area contributed by atoms with Gasteiger partial charge >= 0.3 is 0 Å². The summed E-state index contributed by atoms with van der Waals surface area (Å²) in [5, 5.41) is 11.9. The maximum atomic E-state index is 11.5. The van der Waals surface area contributed by atoms with Crippen LogP contribution in [0.15, 0.2) is 29.4 Å². The van der Waals surface area contributed by atoms with E-state index >= 15 is 0 Å². The first-order valence-corrected chi connectivity index (χ1v) is 5.55. The van der Waals surface area contributed by atoms with E-state index in [-0.39, 0.29) is 5.91 Å². The highest BCUT2D eigenvalue weighted by molar-refractivity contribution is 5.92. The number of hydrogen-bond acceptors (Lipinski definition) is 3. The van der Waals surface area contributed by atoms with Gasteiger partial charge in [0, 0.05) is 19.3 Å². The summed E-state index contributed by atoms with van der Waals surface area (Å²) < 4.78 is 0. The molecule has 0 aliphatic carbocycles. The molecule has 0 saturated carbocycles. The maximum Gasteiger partial charge on any atom is 0.269 e. The molecule has 1 aromatic rings. The number of carbonyl (C=O) groups excluding carboxylic acids is 1. The van der Waals surface area contributed by atoms with Crippen LogP contribution in [-0.2, 0) is 0 Å². The second kappa shape index (κ2) is 7.10. The van der Waals surface area contributed by atoms with E-state index in [2.05, 4.69) is 32.4 Å². The van der Waals surface area contributed by atoms with Gasteiger partial charge in [-0.05, 0) is 13.0 Å². The lowest BCUT2D eigenvalue weighted by Crippen LogP contribution is -2.38. The first-order chi connectivity index (χ1) is 8.59. The Kier molecular flexibility index (Phi) is 5.43. The Bertz CT molecular complexity index is 423. The van der Waals surface area contributed by atoms with Gasteiger partial charge < -0.3 is 16.4 Å². The Balaban J connectivity index is 2.17. The van der Waals surface area contributed by atoms with Crippen molar-refractivity contribution in [1.29, 1.82) is 0 Å². The van der Waals surface area contributed by atoms with Crippen molar-refractivity contribution < 1.29 is 4.79 Å². The molecule has 1 aromatic heterocycles. The van der Waals surface area contributed by atoms with Crippen LogP contribution in [0.2, 0.25) is 0 Å². The number of rotatable bonds is 6. The normalized spacial score (nSPS) is 11.1. The van der Waals surface area contributed by atoms with Crippen LogP contribution in [-0.4, -0.2) is 41.7 Å². The number of amides is 1. The van der Waals surface area contributed by atoms with Crippen molar-refractivity contribution in [2.24, 2.45) is 10.7 Å². The molecule has 0 radical (unpaired) electrons. The molecule has 1 amide bonds. The van der Waals surface area contributed by atoms with Gasteiger partial charge in [0.25, 0.3) is 5.91 Å². The van der Waals surface area contributed by atoms with Crippen molar-refractivity contribution in [2.75, 3.05) is 19.6 Å². The van der Waals surface area contributed by atoms with Gasteiger partial charge in [0.15, 0.2) is 5.96 Å². The van der Waals surface area contributed by atoms with Gasteiger partial charge in [-0.25, -0.2) is 4.99 Å². The highest BCUT2D eigenvalue weighted by Crippen LogP contribution is 1.89. The molecule has 7 nitrogen and oxygen atoms in total. The number of H-pyrrole nitrogens is 1. The predicted molar refractivity (Wildman–Crippen MR) is 70.2 cm³/mol. The molecule has 1 heterocycles. The third-order valence-corrected chi connectivity index (χ3v) is 1.98. The zero-order valence-electron chi connectivity index (χ0n) is 10.4. The van der Waals surface area contributed by atoms with Gasteiger partial charge in [0.05, 0.1) is 6.54 Å². The topological polar surface area (TPSA) is 108 Å². The molecule has 1 rings (SSSR count). The minimum Gasteiger partial charge on any atom is -0.370 e. The van der Waals surface area contributed by atoms with Crippen LogP contribution in [0, 0.1) is 0 Å². The molecule has 0 fully saturated rings. The number of nitrogens with one attached hydrogen (secondary N) is 3. The number of nitrogens with two attached hydrogens (primary N) is 1. The van der Waals surface area contributed by atoms with E-state index in [4.69, 9.17) is 5.73 Å². The Morgan fingerprint density at radius 1 is 1.56 bits per heavy atom. The van der Waals surface area contributed by atoms with Gasteiger partial charge in [-0.2, -0.15) is 5.10 Å². The summed E-state index contributed by atoms with van der Waals surface area (Å²) in [6.07, 6.45) is 1.52. The molecule has 0 spiro atoms. The molecule has 0 bridgehead atoms. The summed E-state index contributed by atoms with van der Waals surface area (Å²) >= 11 is 0. The first kappa shape index (κ1) is 13.8. The Morgan fingerprint density at radius 2 is 2.28 bits per heavy atom. The zero-order valence-corrected chi connectivity index (χ0v) is 10.4. The molecular formula is C11H18N6O. The highest BCUT2D eigenvalue weighted by Gasteiger charge is 2.04. The molecule has 7 heteroatoms. The monoisotopic (exact) mass is 250 g/mol. The second-order valence-electron chi connectivity index (χ2n) is 3.81. The van der Waals surface area contributed by atoms with Crippen LogP contribution < -0.4 is 16.4 Å². The van der Waals surface area contributed by atoms with Gasteiger partial charge in [0.2, 0.25) is 0 Å². The zero-order chi connectivity index (χ0) is 13.4. The Hall–Kier alpha value is -2.31. The van der Waals surface area contributed by atoms with Crippen molar-refractivity contribution in [1.82, 2.24) is 20.8 Å². The van der Waals surface area contributed by atoms with Crippen molar-refractivity contribution in [2.45, 2.75) is 6.92 Å². The van der Waals surface area contributed by atoms with Crippen LogP contribution in [0.4, 0.5) is 0 Å². The van der Waals surface area contributed by atoms with Gasteiger partial charge in [-0.1, -0.05) is 12.2 Å². The summed E-state index contributed by atoms with van der Waals surface area (Å²) in [6, 6.07) is 1.60. The number of aromatic nitrogens is 2. The van der Waals surface area contributed by atoms with E-state index in [0.717, 1.165) is 5.57 Å². The molecular weight excluding hydrogens is 232 g/mol. The molecule has 98 valence electrons. The van der Waals surface area contributed by atoms with E-state index in [1.807, 2.05) is 6.92 Å². The van der Waals surface area contributed by atoms with Gasteiger partial charge in [-0.15, -0.1) is 0 Å². The number of nitrogens with zero attached hydrogens (tertiary/aromatic N) is 2. The van der Waals surface area contributed by atoms with E-state index in [0.29, 0.717) is 31.3 Å². The number of carbonyl (C=O) groups is 1. The SMILES string of the molecule is C=C(C)CN=C(N)NCCNC(=O)c1ccn[nH]1. The average Bonchev–Trinajstić information content (AvgIpc) is 2.85. The molecule has 0 aliphatic heterocycles. The molecule has 0 atom stereocenters. The van der Waals surface area contributed by atoms with E-state index in [1.165, 1.54) is 6.20 Å². The predicted octanol–water partition coefficient (Wildman–Crippen LogP) is -0.380. The number of aliphatic imine (C=N–C) groups is 1. The minimum atomic E-state index is -0.202. The summed E-state index contributed by atoms with van der Waals surface area (Å²) in [7, 11) is 0. The second-order valence-corrected chi connectivity index (χ2v) is 3.81. The van der Waals surface area contributed by atoms with E-state index in [9.17, 15) is 4.79 Å². The van der Waals surface area contributed by atoms with Crippen LogP contribution >= 0.6 is 0 Å². The smallest absolute Gasteiger partial charge is 0.269 e. The van der Waals surface area contributed by atoms with E-state index < -0.39 is 0 Å². The minimum absolute atomic E-state index is 0.202. The van der Waals surface area contributed by atoms with Crippen LogP contribution in [0.3, 0.4) is 0 Å². The van der Waals surface area contributed by atoms with Crippen LogP contribution in [0.5, 0.6) is 0 Å². The van der Waals surface area contributed by atoms with Crippen molar-refractivity contribution in [3.8, 4) is 0 Å². The number of guanidine groups is 1. The largest absolute Gasteiger partial charge is 0.370 e. The fourth-order valence-electron chi connectivity index (χ4n) is 1.12. The molecule has 18 heavy (non-hydrogen) atoms. The van der Waals surface area contributed by atoms with Crippen molar-refractivity contribution in [3.05, 3.63) is 30.1 Å². The lowest BCUT2D eigenvalue weighted by Gasteiger charge is -2.06. The molecule has 0 unspecified atom stereocenters. The third kappa shape index (κ3) is 5.15. The summed E-state index contributed by atoms with van der Waals surface area (Å²) in [5.41, 5.74) is 6.97. The molecule has 0 aromatic carbocycles. The maximum absolute atomic E-state index is 11.5. The number of aromatic amines is 1. The standard InChI is InChI=1S/C11H18N6O/c1-8(2)7-15-11(12)14-6-5-13-10(18)9-3-4-16-17-9/h3-4H,1,5-7H2,2H3,(H,13,18)(H,16,17)(H3,12,14,15). The van der Waals surface area contributed by atoms with Crippen molar-refractivity contribution in [3.63, 3.8) is 0 Å². The highest BCUT2D eigenvalue weighted by atomic mass is 16.1. The van der Waals surface area contributed by atoms with Crippen molar-refractivity contribution >= 4 is 11.9 Å². The fourth-order valence-corrected chi connectivity index (χ4v) is 1.12. The average molecular weight is 250 g/mol. The molecule has 0 saturated heterocycles. The quantitative estimate of drug-likeness (QED) is 0.239. The Labute approximate surface area is 106 Å². The number of hydrogen-bond donors (Lipinski definition) is 4. The first-order valence-electron chi connectivity index (χ1n) is 5.55. The fraction of sp³-hybridized carbons (Fsp3) is 0.364. The van der Waals surface area contributed by atoms with Crippen LogP contribution in [0.25, 0.3) is 0 Å². The third-order valence-electron chi connectivity index (χ3n) is 1.98. The Morgan fingerprint density at radius 3 is 2.89 bits per heavy atom. The summed E-state index contributed by atoms with van der Waals surface area (Å²) in [6.45, 7) is 7.05. The lowest BCUT2D eigenvalue weighted by molar-refractivity contribution is 0.0949. The molecule has 0 aliphatic rings. The van der Waals surface area contributed by atoms with Gasteiger partial charge in [-0.3, -0.25) is 9.89 Å². The summed E-state index contributed by atoms with van der Waals surface area (Å²) in [5.74, 6) is 0.139. The van der Waals surface area contributed by atoms with Gasteiger partial charge in [0.1, 0.15) is 5.69 Å².